The van der Waals surface area contributed by atoms with Crippen molar-refractivity contribution in [3.05, 3.63) is 53.7 Å². The van der Waals surface area contributed by atoms with Crippen LogP contribution in [0.2, 0.25) is 0 Å². The summed E-state index contributed by atoms with van der Waals surface area (Å²) in [4.78, 5) is 18.8. The second-order valence-electron chi connectivity index (χ2n) is 5.60. The lowest BCUT2D eigenvalue weighted by Gasteiger charge is -2.22. The number of aromatic nitrogens is 1. The highest BCUT2D eigenvalue weighted by molar-refractivity contribution is 5.94. The SMILES string of the molecule is COc1ccc(CN(C(=O)c2ccc(OC)nc2)C2CC2)cc1. The highest BCUT2D eigenvalue weighted by Gasteiger charge is 2.33. The maximum Gasteiger partial charge on any atom is 0.255 e. The molecule has 5 nitrogen and oxygen atoms in total. The summed E-state index contributed by atoms with van der Waals surface area (Å²) in [6.07, 6.45) is 3.70. The van der Waals surface area contributed by atoms with Gasteiger partial charge in [0.1, 0.15) is 5.75 Å². The summed E-state index contributed by atoms with van der Waals surface area (Å²) in [5, 5.41) is 0. The summed E-state index contributed by atoms with van der Waals surface area (Å²) in [6.45, 7) is 0.597. The number of hydrogen-bond donors (Lipinski definition) is 0. The number of carbonyl (C=O) groups excluding carboxylic acids is 1. The molecule has 120 valence electrons. The van der Waals surface area contributed by atoms with Crippen LogP contribution in [0.5, 0.6) is 11.6 Å². The van der Waals surface area contributed by atoms with E-state index in [2.05, 4.69) is 4.98 Å². The van der Waals surface area contributed by atoms with Gasteiger partial charge in [0.25, 0.3) is 5.91 Å². The maximum absolute atomic E-state index is 12.8. The van der Waals surface area contributed by atoms with Crippen molar-refractivity contribution in [1.82, 2.24) is 9.88 Å². The zero-order chi connectivity index (χ0) is 16.2. The van der Waals surface area contributed by atoms with Crippen LogP contribution in [0.4, 0.5) is 0 Å². The molecule has 0 radical (unpaired) electrons. The number of amides is 1. The minimum absolute atomic E-state index is 0.0125. The highest BCUT2D eigenvalue weighted by atomic mass is 16.5. The molecule has 0 bridgehead atoms. The van der Waals surface area contributed by atoms with E-state index in [-0.39, 0.29) is 5.91 Å². The first-order chi connectivity index (χ1) is 11.2. The van der Waals surface area contributed by atoms with Crippen LogP contribution in [0.15, 0.2) is 42.6 Å². The number of hydrogen-bond acceptors (Lipinski definition) is 4. The standard InChI is InChI=1S/C18H20N2O3/c1-22-16-8-3-13(4-9-16)12-20(15-6-7-15)18(21)14-5-10-17(23-2)19-11-14/h3-5,8-11,15H,6-7,12H2,1-2H3. The van der Waals surface area contributed by atoms with E-state index in [0.717, 1.165) is 24.2 Å². The Balaban J connectivity index is 1.75. The molecule has 0 aliphatic heterocycles. The molecule has 1 aliphatic carbocycles. The first-order valence-corrected chi connectivity index (χ1v) is 7.65. The number of rotatable bonds is 6. The zero-order valence-electron chi connectivity index (χ0n) is 13.4. The quantitative estimate of drug-likeness (QED) is 0.823. The van der Waals surface area contributed by atoms with Gasteiger partial charge in [0, 0.05) is 24.8 Å². The van der Waals surface area contributed by atoms with Crippen LogP contribution in [0.1, 0.15) is 28.8 Å². The number of benzene rings is 1. The Kier molecular flexibility index (Phi) is 4.46. The Morgan fingerprint density at radius 1 is 1.13 bits per heavy atom. The van der Waals surface area contributed by atoms with Crippen molar-refractivity contribution in [2.75, 3.05) is 14.2 Å². The molecule has 1 aliphatic rings. The van der Waals surface area contributed by atoms with Gasteiger partial charge >= 0.3 is 0 Å². The van der Waals surface area contributed by atoms with E-state index in [1.165, 1.54) is 0 Å². The maximum atomic E-state index is 12.8. The molecule has 1 aromatic heterocycles. The van der Waals surface area contributed by atoms with E-state index >= 15 is 0 Å². The molecule has 1 amide bonds. The van der Waals surface area contributed by atoms with Crippen molar-refractivity contribution in [3.8, 4) is 11.6 Å². The molecule has 1 fully saturated rings. The van der Waals surface area contributed by atoms with Gasteiger partial charge in [-0.2, -0.15) is 0 Å². The van der Waals surface area contributed by atoms with E-state index in [0.29, 0.717) is 24.0 Å². The lowest BCUT2D eigenvalue weighted by molar-refractivity contribution is 0.0729. The van der Waals surface area contributed by atoms with Crippen molar-refractivity contribution in [2.24, 2.45) is 0 Å². The van der Waals surface area contributed by atoms with Crippen LogP contribution < -0.4 is 9.47 Å². The summed E-state index contributed by atoms with van der Waals surface area (Å²) in [7, 11) is 3.20. The molecule has 5 heteroatoms. The molecule has 1 heterocycles. The molecular formula is C18H20N2O3. The Morgan fingerprint density at radius 2 is 1.87 bits per heavy atom. The van der Waals surface area contributed by atoms with Crippen LogP contribution in [0, 0.1) is 0 Å². The van der Waals surface area contributed by atoms with Crippen molar-refractivity contribution in [2.45, 2.75) is 25.4 Å². The molecule has 1 aromatic carbocycles. The third-order valence-electron chi connectivity index (χ3n) is 3.95. The van der Waals surface area contributed by atoms with Crippen LogP contribution in [0.25, 0.3) is 0 Å². The molecule has 0 saturated heterocycles. The Bertz CT molecular complexity index is 664. The van der Waals surface area contributed by atoms with Gasteiger partial charge in [-0.15, -0.1) is 0 Å². The number of carbonyl (C=O) groups is 1. The average Bonchev–Trinajstić information content (AvgIpc) is 3.44. The average molecular weight is 312 g/mol. The van der Waals surface area contributed by atoms with Gasteiger partial charge in [0.2, 0.25) is 5.88 Å². The summed E-state index contributed by atoms with van der Waals surface area (Å²) in [6, 6.07) is 11.6. The summed E-state index contributed by atoms with van der Waals surface area (Å²) in [5.74, 6) is 1.34. The van der Waals surface area contributed by atoms with Crippen LogP contribution in [-0.4, -0.2) is 36.1 Å². The van der Waals surface area contributed by atoms with Gasteiger partial charge in [-0.25, -0.2) is 4.98 Å². The minimum Gasteiger partial charge on any atom is -0.497 e. The lowest BCUT2D eigenvalue weighted by atomic mass is 10.1. The third-order valence-corrected chi connectivity index (χ3v) is 3.95. The molecule has 3 rings (SSSR count). The van der Waals surface area contributed by atoms with E-state index in [9.17, 15) is 4.79 Å². The molecule has 2 aromatic rings. The Morgan fingerprint density at radius 3 is 2.39 bits per heavy atom. The molecule has 0 atom stereocenters. The largest absolute Gasteiger partial charge is 0.497 e. The van der Waals surface area contributed by atoms with Crippen molar-refractivity contribution < 1.29 is 14.3 Å². The van der Waals surface area contributed by atoms with Crippen molar-refractivity contribution in [1.29, 1.82) is 0 Å². The summed E-state index contributed by atoms with van der Waals surface area (Å²) in [5.41, 5.74) is 1.68. The number of pyridine rings is 1. The summed E-state index contributed by atoms with van der Waals surface area (Å²) < 4.78 is 10.2. The van der Waals surface area contributed by atoms with Gasteiger partial charge in [-0.05, 0) is 36.6 Å². The Labute approximate surface area is 135 Å². The van der Waals surface area contributed by atoms with E-state index in [4.69, 9.17) is 9.47 Å². The molecule has 23 heavy (non-hydrogen) atoms. The van der Waals surface area contributed by atoms with E-state index < -0.39 is 0 Å². The second kappa shape index (κ2) is 6.69. The normalized spacial score (nSPS) is 13.5. The van der Waals surface area contributed by atoms with Gasteiger partial charge in [-0.3, -0.25) is 4.79 Å². The number of nitrogens with zero attached hydrogens (tertiary/aromatic N) is 2. The molecular weight excluding hydrogens is 292 g/mol. The van der Waals surface area contributed by atoms with Crippen LogP contribution in [-0.2, 0) is 6.54 Å². The summed E-state index contributed by atoms with van der Waals surface area (Å²) >= 11 is 0. The van der Waals surface area contributed by atoms with Gasteiger partial charge in [0.05, 0.1) is 19.8 Å². The first kappa shape index (κ1) is 15.3. The van der Waals surface area contributed by atoms with Crippen LogP contribution in [0.3, 0.4) is 0 Å². The van der Waals surface area contributed by atoms with Gasteiger partial charge in [-0.1, -0.05) is 12.1 Å². The van der Waals surface area contributed by atoms with E-state index in [1.807, 2.05) is 29.2 Å². The molecule has 0 N–H and O–H groups in total. The van der Waals surface area contributed by atoms with Gasteiger partial charge < -0.3 is 14.4 Å². The number of ether oxygens (including phenoxy) is 2. The first-order valence-electron chi connectivity index (χ1n) is 7.65. The smallest absolute Gasteiger partial charge is 0.255 e. The zero-order valence-corrected chi connectivity index (χ0v) is 13.4. The fourth-order valence-corrected chi connectivity index (χ4v) is 2.47. The van der Waals surface area contributed by atoms with Crippen molar-refractivity contribution >= 4 is 5.91 Å². The second-order valence-corrected chi connectivity index (χ2v) is 5.60. The lowest BCUT2D eigenvalue weighted by Crippen LogP contribution is -2.32. The topological polar surface area (TPSA) is 51.7 Å². The third kappa shape index (κ3) is 3.62. The predicted octanol–water partition coefficient (Wildman–Crippen LogP) is 2.90. The van der Waals surface area contributed by atoms with Crippen LogP contribution >= 0.6 is 0 Å². The minimum atomic E-state index is 0.0125. The van der Waals surface area contributed by atoms with Crippen molar-refractivity contribution in [3.63, 3.8) is 0 Å². The monoisotopic (exact) mass is 312 g/mol. The molecule has 0 unspecified atom stereocenters. The fraction of sp³-hybridized carbons (Fsp3) is 0.333. The molecule has 1 saturated carbocycles. The predicted molar refractivity (Wildman–Crippen MR) is 86.7 cm³/mol. The fourth-order valence-electron chi connectivity index (χ4n) is 2.47. The Hall–Kier alpha value is -2.56. The highest BCUT2D eigenvalue weighted by Crippen LogP contribution is 2.30. The number of methoxy groups -OCH3 is 2. The molecule has 0 spiro atoms. The van der Waals surface area contributed by atoms with Gasteiger partial charge in [0.15, 0.2) is 0 Å². The van der Waals surface area contributed by atoms with E-state index in [1.54, 1.807) is 32.5 Å².